The number of nitrogens with zero attached hydrogens (tertiary/aromatic N) is 2. The van der Waals surface area contributed by atoms with Crippen molar-refractivity contribution in [3.05, 3.63) is 41.5 Å². The number of rotatable bonds is 5. The summed E-state index contributed by atoms with van der Waals surface area (Å²) in [6, 6.07) is 6.68. The number of hydrogen-bond acceptors (Lipinski definition) is 5. The van der Waals surface area contributed by atoms with Gasteiger partial charge in [-0.25, -0.2) is 4.39 Å². The third-order valence-corrected chi connectivity index (χ3v) is 3.43. The van der Waals surface area contributed by atoms with Gasteiger partial charge in [-0.1, -0.05) is 30.0 Å². The smallest absolute Gasteiger partial charge is 0.276 e. The van der Waals surface area contributed by atoms with Gasteiger partial charge < -0.3 is 4.42 Å². The van der Waals surface area contributed by atoms with Crippen LogP contribution in [-0.2, 0) is 11.5 Å². The lowest BCUT2D eigenvalue weighted by molar-refractivity contribution is 0.426. The van der Waals surface area contributed by atoms with Gasteiger partial charge in [0.25, 0.3) is 5.22 Å². The summed E-state index contributed by atoms with van der Waals surface area (Å²) in [6.45, 7) is 0. The number of thioether (sulfide) groups is 2. The molecule has 0 amide bonds. The van der Waals surface area contributed by atoms with Gasteiger partial charge in [0.1, 0.15) is 5.82 Å². The highest BCUT2D eigenvalue weighted by Crippen LogP contribution is 2.23. The molecule has 17 heavy (non-hydrogen) atoms. The van der Waals surface area contributed by atoms with E-state index >= 15 is 0 Å². The highest BCUT2D eigenvalue weighted by atomic mass is 32.2. The Kier molecular flexibility index (Phi) is 4.44. The monoisotopic (exact) mass is 270 g/mol. The average Bonchev–Trinajstić information content (AvgIpc) is 2.76. The minimum Gasteiger partial charge on any atom is -0.415 e. The summed E-state index contributed by atoms with van der Waals surface area (Å²) in [5.41, 5.74) is 0.641. The van der Waals surface area contributed by atoms with Gasteiger partial charge in [-0.2, -0.15) is 11.8 Å². The Morgan fingerprint density at radius 1 is 1.24 bits per heavy atom. The normalized spacial score (nSPS) is 10.7. The zero-order valence-electron chi connectivity index (χ0n) is 9.22. The first-order valence-corrected chi connectivity index (χ1v) is 7.35. The van der Waals surface area contributed by atoms with Crippen LogP contribution in [0.4, 0.5) is 4.39 Å². The van der Waals surface area contributed by atoms with E-state index in [-0.39, 0.29) is 5.82 Å². The van der Waals surface area contributed by atoms with E-state index in [4.69, 9.17) is 4.42 Å². The molecule has 0 unspecified atom stereocenters. The SMILES string of the molecule is CSCc1nnc(SCc2ccccc2F)o1. The Hall–Kier alpha value is -1.01. The van der Waals surface area contributed by atoms with E-state index in [0.29, 0.717) is 28.2 Å². The zero-order valence-corrected chi connectivity index (χ0v) is 10.9. The van der Waals surface area contributed by atoms with Crippen LogP contribution >= 0.6 is 23.5 Å². The fraction of sp³-hybridized carbons (Fsp3) is 0.273. The highest BCUT2D eigenvalue weighted by molar-refractivity contribution is 7.98. The van der Waals surface area contributed by atoms with Crippen molar-refractivity contribution in [2.75, 3.05) is 6.26 Å². The van der Waals surface area contributed by atoms with Crippen LogP contribution in [0.3, 0.4) is 0 Å². The van der Waals surface area contributed by atoms with E-state index in [2.05, 4.69) is 10.2 Å². The predicted octanol–water partition coefficient (Wildman–Crippen LogP) is 3.36. The van der Waals surface area contributed by atoms with Gasteiger partial charge >= 0.3 is 0 Å². The molecule has 0 saturated carbocycles. The average molecular weight is 270 g/mol. The molecule has 0 saturated heterocycles. The van der Waals surface area contributed by atoms with E-state index in [1.165, 1.54) is 17.8 Å². The molecule has 0 atom stereocenters. The molecule has 0 bridgehead atoms. The van der Waals surface area contributed by atoms with Crippen molar-refractivity contribution in [1.29, 1.82) is 0 Å². The minimum atomic E-state index is -0.205. The van der Waals surface area contributed by atoms with Gasteiger partial charge in [0.2, 0.25) is 5.89 Å². The van der Waals surface area contributed by atoms with Crippen molar-refractivity contribution in [2.45, 2.75) is 16.7 Å². The van der Waals surface area contributed by atoms with Crippen LogP contribution in [0.15, 0.2) is 33.9 Å². The molecule has 0 aliphatic heterocycles. The molecular weight excluding hydrogens is 259 g/mol. The van der Waals surface area contributed by atoms with Gasteiger partial charge in [-0.3, -0.25) is 0 Å². The van der Waals surface area contributed by atoms with E-state index in [0.717, 1.165) is 0 Å². The molecule has 1 heterocycles. The van der Waals surface area contributed by atoms with Crippen LogP contribution in [0.1, 0.15) is 11.5 Å². The predicted molar refractivity (Wildman–Crippen MR) is 67.5 cm³/mol. The van der Waals surface area contributed by atoms with Gasteiger partial charge in [0.15, 0.2) is 0 Å². The van der Waals surface area contributed by atoms with E-state index in [9.17, 15) is 4.39 Å². The van der Waals surface area contributed by atoms with Crippen molar-refractivity contribution in [3.8, 4) is 0 Å². The molecule has 0 aliphatic rings. The van der Waals surface area contributed by atoms with Gasteiger partial charge in [0, 0.05) is 5.75 Å². The van der Waals surface area contributed by atoms with Crippen LogP contribution in [0.2, 0.25) is 0 Å². The Balaban J connectivity index is 1.95. The number of benzene rings is 1. The second kappa shape index (κ2) is 6.07. The van der Waals surface area contributed by atoms with Crippen LogP contribution in [0.5, 0.6) is 0 Å². The highest BCUT2D eigenvalue weighted by Gasteiger charge is 2.08. The quantitative estimate of drug-likeness (QED) is 0.779. The molecule has 3 nitrogen and oxygen atoms in total. The van der Waals surface area contributed by atoms with Crippen LogP contribution < -0.4 is 0 Å². The summed E-state index contributed by atoms with van der Waals surface area (Å²) < 4.78 is 18.7. The number of hydrogen-bond donors (Lipinski definition) is 0. The molecule has 2 rings (SSSR count). The maximum atomic E-state index is 13.3. The first-order chi connectivity index (χ1) is 8.29. The van der Waals surface area contributed by atoms with Gasteiger partial charge in [0.05, 0.1) is 5.75 Å². The first-order valence-electron chi connectivity index (χ1n) is 4.97. The molecule has 1 aromatic heterocycles. The molecule has 0 spiro atoms. The molecule has 0 aliphatic carbocycles. The topological polar surface area (TPSA) is 38.9 Å². The summed E-state index contributed by atoms with van der Waals surface area (Å²) >= 11 is 2.96. The standard InChI is InChI=1S/C11H11FN2OS2/c1-16-7-10-13-14-11(15-10)17-6-8-4-2-3-5-9(8)12/h2-5H,6-7H2,1H3. The van der Waals surface area contributed by atoms with Crippen molar-refractivity contribution in [2.24, 2.45) is 0 Å². The Labute approximate surface area is 107 Å². The first kappa shape index (κ1) is 12.4. The number of aromatic nitrogens is 2. The zero-order chi connectivity index (χ0) is 12.1. The fourth-order valence-corrected chi connectivity index (χ4v) is 2.36. The fourth-order valence-electron chi connectivity index (χ4n) is 1.23. The molecule has 0 fully saturated rings. The summed E-state index contributed by atoms with van der Waals surface area (Å²) in [5, 5.41) is 8.26. The van der Waals surface area contributed by atoms with E-state index < -0.39 is 0 Å². The summed E-state index contributed by atoms with van der Waals surface area (Å²) in [6.07, 6.45) is 1.97. The third-order valence-electron chi connectivity index (χ3n) is 2.03. The maximum Gasteiger partial charge on any atom is 0.276 e. The van der Waals surface area contributed by atoms with Crippen LogP contribution in [0.25, 0.3) is 0 Å². The van der Waals surface area contributed by atoms with Crippen LogP contribution in [0, 0.1) is 5.82 Å². The lowest BCUT2D eigenvalue weighted by Gasteiger charge is -1.99. The second-order valence-corrected chi connectivity index (χ2v) is 5.07. The van der Waals surface area contributed by atoms with Crippen molar-refractivity contribution >= 4 is 23.5 Å². The van der Waals surface area contributed by atoms with Gasteiger partial charge in [-0.15, -0.1) is 10.2 Å². The second-order valence-electron chi connectivity index (χ2n) is 3.27. The van der Waals surface area contributed by atoms with Gasteiger partial charge in [-0.05, 0) is 17.9 Å². The molecular formula is C11H11FN2OS2. The van der Waals surface area contributed by atoms with E-state index in [1.54, 1.807) is 23.9 Å². The molecule has 0 radical (unpaired) electrons. The van der Waals surface area contributed by atoms with E-state index in [1.807, 2.05) is 12.3 Å². The summed E-state index contributed by atoms with van der Waals surface area (Å²) in [5.74, 6) is 1.60. The molecule has 90 valence electrons. The Morgan fingerprint density at radius 2 is 2.06 bits per heavy atom. The summed E-state index contributed by atoms with van der Waals surface area (Å²) in [4.78, 5) is 0. The van der Waals surface area contributed by atoms with Crippen molar-refractivity contribution in [3.63, 3.8) is 0 Å². The third kappa shape index (κ3) is 3.47. The van der Waals surface area contributed by atoms with Crippen molar-refractivity contribution < 1.29 is 8.81 Å². The lowest BCUT2D eigenvalue weighted by atomic mass is 10.2. The molecule has 1 aromatic carbocycles. The Morgan fingerprint density at radius 3 is 2.82 bits per heavy atom. The lowest BCUT2D eigenvalue weighted by Crippen LogP contribution is -1.86. The molecule has 6 heteroatoms. The molecule has 0 N–H and O–H groups in total. The van der Waals surface area contributed by atoms with Crippen LogP contribution in [-0.4, -0.2) is 16.5 Å². The summed E-state index contributed by atoms with van der Waals surface area (Å²) in [7, 11) is 0. The minimum absolute atomic E-state index is 0.205. The maximum absolute atomic E-state index is 13.3. The molecule has 2 aromatic rings. The van der Waals surface area contributed by atoms with Crippen molar-refractivity contribution in [1.82, 2.24) is 10.2 Å². The number of halogens is 1. The largest absolute Gasteiger partial charge is 0.415 e. The Bertz CT molecular complexity index is 490.